The molecule has 0 aliphatic carbocycles. The van der Waals surface area contributed by atoms with E-state index in [4.69, 9.17) is 16.3 Å². The second-order valence-corrected chi connectivity index (χ2v) is 8.17. The van der Waals surface area contributed by atoms with E-state index in [1.807, 2.05) is 0 Å². The van der Waals surface area contributed by atoms with Crippen molar-refractivity contribution in [2.75, 3.05) is 24.6 Å². The second kappa shape index (κ2) is 7.36. The highest BCUT2D eigenvalue weighted by Gasteiger charge is 2.30. The van der Waals surface area contributed by atoms with E-state index in [-0.39, 0.29) is 30.5 Å². The Labute approximate surface area is 156 Å². The van der Waals surface area contributed by atoms with Gasteiger partial charge in [0.2, 0.25) is 10.0 Å². The maximum absolute atomic E-state index is 12.5. The van der Waals surface area contributed by atoms with Gasteiger partial charge in [-0.25, -0.2) is 13.1 Å². The minimum Gasteiger partial charge on any atom is -0.365 e. The molecule has 1 aromatic heterocycles. The molecule has 1 aliphatic heterocycles. The van der Waals surface area contributed by atoms with Crippen molar-refractivity contribution in [3.05, 3.63) is 40.7 Å². The first-order valence-corrected chi connectivity index (χ1v) is 9.83. The van der Waals surface area contributed by atoms with Gasteiger partial charge in [0, 0.05) is 17.3 Å². The van der Waals surface area contributed by atoms with Gasteiger partial charge in [0.15, 0.2) is 0 Å². The van der Waals surface area contributed by atoms with Crippen LogP contribution in [0.2, 0.25) is 5.02 Å². The number of aryl methyl sites for hydroxylation is 2. The Balaban J connectivity index is 1.70. The summed E-state index contributed by atoms with van der Waals surface area (Å²) in [5.74, 6) is -0.201. The molecule has 26 heavy (non-hydrogen) atoms. The smallest absolute Gasteiger partial charge is 0.253 e. The first-order chi connectivity index (χ1) is 12.3. The molecule has 140 valence electrons. The van der Waals surface area contributed by atoms with E-state index < -0.39 is 16.1 Å². The molecule has 1 amide bonds. The molecule has 1 saturated heterocycles. The van der Waals surface area contributed by atoms with Crippen molar-refractivity contribution >= 4 is 33.2 Å². The topological polar surface area (TPSA) is 104 Å². The fourth-order valence-electron chi connectivity index (χ4n) is 2.85. The molecule has 2 N–H and O–H groups in total. The number of hydrogen-bond donors (Lipinski definition) is 2. The maximum Gasteiger partial charge on any atom is 0.253 e. The largest absolute Gasteiger partial charge is 0.365 e. The van der Waals surface area contributed by atoms with Crippen LogP contribution in [0.25, 0.3) is 0 Å². The van der Waals surface area contributed by atoms with E-state index in [0.29, 0.717) is 22.1 Å². The molecule has 2 aromatic rings. The molecule has 8 nitrogen and oxygen atoms in total. The van der Waals surface area contributed by atoms with Gasteiger partial charge in [0.1, 0.15) is 11.5 Å². The number of benzene rings is 1. The molecule has 3 rings (SSSR count). The highest BCUT2D eigenvalue weighted by atomic mass is 35.5. The number of anilines is 1. The Morgan fingerprint density at radius 2 is 2.19 bits per heavy atom. The molecule has 0 spiro atoms. The van der Waals surface area contributed by atoms with Gasteiger partial charge in [0.25, 0.3) is 5.91 Å². The molecule has 1 fully saturated rings. The van der Waals surface area contributed by atoms with Crippen LogP contribution < -0.4 is 9.62 Å². The Bertz CT molecular complexity index is 909. The van der Waals surface area contributed by atoms with E-state index in [2.05, 4.69) is 14.9 Å². The maximum atomic E-state index is 12.5. The number of nitrogens with zero attached hydrogens (tertiary/aromatic N) is 2. The lowest BCUT2D eigenvalue weighted by molar-refractivity contribution is -0.129. The van der Waals surface area contributed by atoms with Crippen LogP contribution in [-0.2, 0) is 19.6 Å². The van der Waals surface area contributed by atoms with E-state index in [1.165, 1.54) is 0 Å². The lowest BCUT2D eigenvalue weighted by Gasteiger charge is -2.32. The van der Waals surface area contributed by atoms with Crippen molar-refractivity contribution in [1.29, 1.82) is 0 Å². The van der Waals surface area contributed by atoms with Gasteiger partial charge in [-0.05, 0) is 32.0 Å². The predicted molar refractivity (Wildman–Crippen MR) is 96.8 cm³/mol. The Hall–Kier alpha value is -1.94. The van der Waals surface area contributed by atoms with Crippen LogP contribution >= 0.6 is 11.6 Å². The summed E-state index contributed by atoms with van der Waals surface area (Å²) >= 11 is 5.99. The van der Waals surface area contributed by atoms with Gasteiger partial charge < -0.3 is 9.64 Å². The van der Waals surface area contributed by atoms with Gasteiger partial charge in [-0.15, -0.1) is 0 Å². The zero-order valence-corrected chi connectivity index (χ0v) is 15.9. The van der Waals surface area contributed by atoms with Crippen LogP contribution in [0, 0.1) is 13.8 Å². The molecule has 1 atom stereocenters. The van der Waals surface area contributed by atoms with E-state index >= 15 is 0 Å². The summed E-state index contributed by atoms with van der Waals surface area (Å²) in [4.78, 5) is 13.8. The molecule has 1 unspecified atom stereocenters. The minimum absolute atomic E-state index is 0.0384. The Morgan fingerprint density at radius 3 is 2.85 bits per heavy atom. The monoisotopic (exact) mass is 398 g/mol. The van der Waals surface area contributed by atoms with Gasteiger partial charge in [-0.1, -0.05) is 17.7 Å². The summed E-state index contributed by atoms with van der Waals surface area (Å²) in [5.41, 5.74) is 1.52. The van der Waals surface area contributed by atoms with Crippen LogP contribution in [0.3, 0.4) is 0 Å². The zero-order chi connectivity index (χ0) is 18.9. The van der Waals surface area contributed by atoms with Gasteiger partial charge >= 0.3 is 0 Å². The second-order valence-electron chi connectivity index (χ2n) is 6.03. The quantitative estimate of drug-likeness (QED) is 0.791. The number of hydrogen-bond acceptors (Lipinski definition) is 5. The van der Waals surface area contributed by atoms with Crippen LogP contribution in [0.1, 0.15) is 11.4 Å². The Kier molecular flexibility index (Phi) is 5.33. The van der Waals surface area contributed by atoms with Crippen LogP contribution in [0.5, 0.6) is 0 Å². The Morgan fingerprint density at radius 1 is 1.42 bits per heavy atom. The first kappa shape index (κ1) is 18.8. The lowest BCUT2D eigenvalue weighted by atomic mass is 10.2. The highest BCUT2D eigenvalue weighted by Crippen LogP contribution is 2.22. The predicted octanol–water partition coefficient (Wildman–Crippen LogP) is 1.39. The summed E-state index contributed by atoms with van der Waals surface area (Å²) in [5, 5.41) is 7.08. The summed E-state index contributed by atoms with van der Waals surface area (Å²) in [6.45, 7) is 3.41. The van der Waals surface area contributed by atoms with Crippen molar-refractivity contribution in [2.45, 2.75) is 24.8 Å². The molecular weight excluding hydrogens is 380 g/mol. The molecule has 0 bridgehead atoms. The number of carbonyl (C=O) groups excluding carboxylic acids is 1. The summed E-state index contributed by atoms with van der Waals surface area (Å²) in [7, 11) is -3.73. The summed E-state index contributed by atoms with van der Waals surface area (Å²) in [6, 6.07) is 6.93. The third-order valence-electron chi connectivity index (χ3n) is 4.08. The fourth-order valence-corrected chi connectivity index (χ4v) is 4.47. The van der Waals surface area contributed by atoms with Crippen molar-refractivity contribution in [2.24, 2.45) is 0 Å². The number of amides is 1. The highest BCUT2D eigenvalue weighted by molar-refractivity contribution is 7.89. The van der Waals surface area contributed by atoms with Crippen molar-refractivity contribution < 1.29 is 17.9 Å². The molecule has 0 saturated carbocycles. The van der Waals surface area contributed by atoms with Crippen LogP contribution in [-0.4, -0.2) is 50.3 Å². The molecule has 1 aliphatic rings. The van der Waals surface area contributed by atoms with E-state index in [1.54, 1.807) is 43.0 Å². The SMILES string of the molecule is Cc1n[nH]c(C)c1S(=O)(=O)NCC1CN(c2cccc(Cl)c2)C(=O)CO1. The van der Waals surface area contributed by atoms with Gasteiger partial charge in [-0.3, -0.25) is 9.89 Å². The molecule has 2 heterocycles. The zero-order valence-electron chi connectivity index (χ0n) is 14.3. The normalized spacial score (nSPS) is 18.3. The van der Waals surface area contributed by atoms with Crippen molar-refractivity contribution in [1.82, 2.24) is 14.9 Å². The molecule has 10 heteroatoms. The number of aromatic amines is 1. The van der Waals surface area contributed by atoms with E-state index in [0.717, 1.165) is 0 Å². The van der Waals surface area contributed by atoms with Crippen molar-refractivity contribution in [3.63, 3.8) is 0 Å². The number of morpholine rings is 1. The first-order valence-electron chi connectivity index (χ1n) is 7.96. The minimum atomic E-state index is -3.73. The van der Waals surface area contributed by atoms with Gasteiger partial charge in [0.05, 0.1) is 24.0 Å². The number of ether oxygens (including phenoxy) is 1. The standard InChI is InChI=1S/C16H19ClN4O4S/c1-10-16(11(2)20-19-10)26(23,24)18-7-14-8-21(15(22)9-25-14)13-5-3-4-12(17)6-13/h3-6,14,18H,7-9H2,1-2H3,(H,19,20). The molecular formula is C16H19ClN4O4S. The number of aromatic nitrogens is 2. The van der Waals surface area contributed by atoms with Crippen LogP contribution in [0.15, 0.2) is 29.2 Å². The third-order valence-corrected chi connectivity index (χ3v) is 6.00. The summed E-state index contributed by atoms with van der Waals surface area (Å²) in [6.07, 6.45) is -0.478. The van der Waals surface area contributed by atoms with Gasteiger partial charge in [-0.2, -0.15) is 5.10 Å². The van der Waals surface area contributed by atoms with Crippen LogP contribution in [0.4, 0.5) is 5.69 Å². The number of nitrogens with one attached hydrogen (secondary N) is 2. The fraction of sp³-hybridized carbons (Fsp3) is 0.375. The summed E-state index contributed by atoms with van der Waals surface area (Å²) < 4.78 is 33.0. The lowest BCUT2D eigenvalue weighted by Crippen LogP contribution is -2.50. The average molecular weight is 399 g/mol. The molecule has 0 radical (unpaired) electrons. The number of carbonyl (C=O) groups is 1. The van der Waals surface area contributed by atoms with Crippen molar-refractivity contribution in [3.8, 4) is 0 Å². The third kappa shape index (κ3) is 3.90. The number of halogens is 1. The van der Waals surface area contributed by atoms with E-state index in [9.17, 15) is 13.2 Å². The number of rotatable bonds is 5. The number of H-pyrrole nitrogens is 1. The molecule has 1 aromatic carbocycles. The average Bonchev–Trinajstić information content (AvgIpc) is 2.93. The number of sulfonamides is 1.